The number of nitrogens with zero attached hydrogens (tertiary/aromatic N) is 1. The summed E-state index contributed by atoms with van der Waals surface area (Å²) in [6, 6.07) is 8.82. The second kappa shape index (κ2) is 6.41. The quantitative estimate of drug-likeness (QED) is 0.936. The number of nitrogens with one attached hydrogen (secondary N) is 1. The van der Waals surface area contributed by atoms with Gasteiger partial charge in [0.1, 0.15) is 11.5 Å². The Morgan fingerprint density at radius 2 is 2.35 bits per heavy atom. The van der Waals surface area contributed by atoms with E-state index >= 15 is 0 Å². The zero-order valence-corrected chi connectivity index (χ0v) is 12.0. The Morgan fingerprint density at radius 3 is 3.15 bits per heavy atom. The molecule has 1 aliphatic rings. The lowest BCUT2D eigenvalue weighted by Gasteiger charge is -2.21. The third-order valence-electron chi connectivity index (χ3n) is 3.40. The van der Waals surface area contributed by atoms with Crippen molar-refractivity contribution in [2.75, 3.05) is 11.5 Å². The summed E-state index contributed by atoms with van der Waals surface area (Å²) in [6.07, 6.45) is 2.49. The van der Waals surface area contributed by atoms with E-state index in [0.29, 0.717) is 18.3 Å². The molecule has 0 spiro atoms. The monoisotopic (exact) mass is 292 g/mol. The second-order valence-electron chi connectivity index (χ2n) is 4.98. The molecule has 106 valence electrons. The van der Waals surface area contributed by atoms with Gasteiger partial charge < -0.3 is 9.84 Å². The first kappa shape index (κ1) is 13.6. The number of benzene rings is 1. The molecule has 1 atom stereocenters. The van der Waals surface area contributed by atoms with Crippen molar-refractivity contribution >= 4 is 11.8 Å². The molecule has 3 rings (SSSR count). The van der Waals surface area contributed by atoms with Gasteiger partial charge in [-0.3, -0.25) is 0 Å². The highest BCUT2D eigenvalue weighted by atomic mass is 32.2. The van der Waals surface area contributed by atoms with Crippen LogP contribution in [0.15, 0.2) is 34.9 Å². The van der Waals surface area contributed by atoms with E-state index in [9.17, 15) is 4.39 Å². The summed E-state index contributed by atoms with van der Waals surface area (Å²) in [7, 11) is 0. The minimum atomic E-state index is -0.260. The summed E-state index contributed by atoms with van der Waals surface area (Å²) < 4.78 is 18.5. The minimum absolute atomic E-state index is 0.260. The van der Waals surface area contributed by atoms with E-state index in [1.54, 1.807) is 6.07 Å². The highest BCUT2D eigenvalue weighted by molar-refractivity contribution is 7.99. The molecule has 1 N–H and O–H groups in total. The van der Waals surface area contributed by atoms with E-state index < -0.39 is 0 Å². The normalized spacial score (nSPS) is 19.1. The average molecular weight is 292 g/mol. The molecule has 2 heterocycles. The molecule has 1 aromatic heterocycles. The van der Waals surface area contributed by atoms with Crippen LogP contribution in [0.1, 0.15) is 18.6 Å². The molecule has 1 unspecified atom stereocenters. The van der Waals surface area contributed by atoms with Crippen molar-refractivity contribution < 1.29 is 8.91 Å². The van der Waals surface area contributed by atoms with Gasteiger partial charge in [0.15, 0.2) is 5.76 Å². The summed E-state index contributed by atoms with van der Waals surface area (Å²) in [5, 5.41) is 7.49. The van der Waals surface area contributed by atoms with Gasteiger partial charge in [0.05, 0.1) is 6.54 Å². The van der Waals surface area contributed by atoms with Crippen LogP contribution in [0.4, 0.5) is 4.39 Å². The predicted molar refractivity (Wildman–Crippen MR) is 79.1 cm³/mol. The first-order chi connectivity index (χ1) is 9.81. The van der Waals surface area contributed by atoms with Crippen LogP contribution < -0.4 is 5.32 Å². The Balaban J connectivity index is 1.61. The lowest BCUT2D eigenvalue weighted by molar-refractivity contribution is 0.363. The zero-order chi connectivity index (χ0) is 13.8. The Kier molecular flexibility index (Phi) is 4.38. The summed E-state index contributed by atoms with van der Waals surface area (Å²) >= 11 is 1.99. The van der Waals surface area contributed by atoms with Crippen molar-refractivity contribution in [2.24, 2.45) is 0 Å². The van der Waals surface area contributed by atoms with Gasteiger partial charge in [-0.15, -0.1) is 0 Å². The molecule has 3 nitrogen and oxygen atoms in total. The van der Waals surface area contributed by atoms with Crippen molar-refractivity contribution in [3.05, 3.63) is 41.9 Å². The first-order valence-corrected chi connectivity index (χ1v) is 7.99. The highest BCUT2D eigenvalue weighted by Gasteiger charge is 2.14. The summed E-state index contributed by atoms with van der Waals surface area (Å²) in [6.45, 7) is 0.674. The van der Waals surface area contributed by atoms with Gasteiger partial charge in [0, 0.05) is 23.4 Å². The fraction of sp³-hybridized carbons (Fsp3) is 0.400. The van der Waals surface area contributed by atoms with E-state index in [2.05, 4.69) is 10.5 Å². The van der Waals surface area contributed by atoms with Crippen LogP contribution >= 0.6 is 11.8 Å². The molecule has 0 saturated carbocycles. The molecule has 20 heavy (non-hydrogen) atoms. The van der Waals surface area contributed by atoms with Crippen molar-refractivity contribution in [3.8, 4) is 11.3 Å². The highest BCUT2D eigenvalue weighted by Crippen LogP contribution is 2.21. The zero-order valence-electron chi connectivity index (χ0n) is 11.1. The second-order valence-corrected chi connectivity index (χ2v) is 6.13. The Hall–Kier alpha value is -1.33. The molecule has 0 bridgehead atoms. The standard InChI is InChI=1S/C15H17FN2OS/c16-12-4-1-3-11(7-12)15-8-14(19-18-15)9-17-13-5-2-6-20-10-13/h1,3-4,7-8,13,17H,2,5-6,9-10H2. The average Bonchev–Trinajstić information content (AvgIpc) is 2.95. The predicted octanol–water partition coefficient (Wildman–Crippen LogP) is 3.47. The van der Waals surface area contributed by atoms with E-state index in [4.69, 9.17) is 4.52 Å². The third kappa shape index (κ3) is 3.41. The van der Waals surface area contributed by atoms with Crippen molar-refractivity contribution in [3.63, 3.8) is 0 Å². The van der Waals surface area contributed by atoms with E-state index in [1.807, 2.05) is 23.9 Å². The summed E-state index contributed by atoms with van der Waals surface area (Å²) in [5.74, 6) is 2.96. The van der Waals surface area contributed by atoms with Crippen LogP contribution in [0, 0.1) is 5.82 Å². The van der Waals surface area contributed by atoms with Crippen molar-refractivity contribution in [2.45, 2.75) is 25.4 Å². The van der Waals surface area contributed by atoms with Gasteiger partial charge >= 0.3 is 0 Å². The maximum atomic E-state index is 13.2. The topological polar surface area (TPSA) is 38.1 Å². The fourth-order valence-corrected chi connectivity index (χ4v) is 3.43. The van der Waals surface area contributed by atoms with Crippen LogP contribution in [0.25, 0.3) is 11.3 Å². The fourth-order valence-electron chi connectivity index (χ4n) is 2.33. The minimum Gasteiger partial charge on any atom is -0.359 e. The van der Waals surface area contributed by atoms with Crippen molar-refractivity contribution in [1.82, 2.24) is 10.5 Å². The number of halogens is 1. The molecular weight excluding hydrogens is 275 g/mol. The Bertz CT molecular complexity index is 567. The van der Waals surface area contributed by atoms with E-state index in [-0.39, 0.29) is 5.82 Å². The van der Waals surface area contributed by atoms with Crippen LogP contribution in [-0.4, -0.2) is 22.7 Å². The van der Waals surface area contributed by atoms with Crippen LogP contribution in [0.5, 0.6) is 0 Å². The van der Waals surface area contributed by atoms with Gasteiger partial charge in [0.2, 0.25) is 0 Å². The molecule has 1 aliphatic heterocycles. The molecule has 0 radical (unpaired) electrons. The summed E-state index contributed by atoms with van der Waals surface area (Å²) in [4.78, 5) is 0. The van der Waals surface area contributed by atoms with Gasteiger partial charge in [-0.25, -0.2) is 4.39 Å². The molecule has 1 aromatic carbocycles. The SMILES string of the molecule is Fc1cccc(-c2cc(CNC3CCCSC3)on2)c1. The summed E-state index contributed by atoms with van der Waals surface area (Å²) in [5.41, 5.74) is 1.42. The Labute approximate surface area is 121 Å². The van der Waals surface area contributed by atoms with Gasteiger partial charge in [0.25, 0.3) is 0 Å². The smallest absolute Gasteiger partial charge is 0.151 e. The largest absolute Gasteiger partial charge is 0.359 e. The lowest BCUT2D eigenvalue weighted by Crippen LogP contribution is -2.33. The molecule has 5 heteroatoms. The third-order valence-corrected chi connectivity index (χ3v) is 4.62. The Morgan fingerprint density at radius 1 is 1.40 bits per heavy atom. The molecule has 1 saturated heterocycles. The molecule has 1 fully saturated rings. The van der Waals surface area contributed by atoms with Crippen LogP contribution in [0.2, 0.25) is 0 Å². The lowest BCUT2D eigenvalue weighted by atomic mass is 10.1. The maximum Gasteiger partial charge on any atom is 0.151 e. The van der Waals surface area contributed by atoms with Gasteiger partial charge in [-0.05, 0) is 30.7 Å². The number of thioether (sulfide) groups is 1. The number of hydrogen-bond acceptors (Lipinski definition) is 4. The number of hydrogen-bond donors (Lipinski definition) is 1. The van der Waals surface area contributed by atoms with Gasteiger partial charge in [-0.1, -0.05) is 17.3 Å². The molecule has 0 amide bonds. The van der Waals surface area contributed by atoms with Crippen molar-refractivity contribution in [1.29, 1.82) is 0 Å². The van der Waals surface area contributed by atoms with Gasteiger partial charge in [-0.2, -0.15) is 11.8 Å². The number of aromatic nitrogens is 1. The van der Waals surface area contributed by atoms with E-state index in [0.717, 1.165) is 17.1 Å². The molecule has 0 aliphatic carbocycles. The first-order valence-electron chi connectivity index (χ1n) is 6.84. The van der Waals surface area contributed by atoms with E-state index in [1.165, 1.54) is 30.7 Å². The molecule has 2 aromatic rings. The molecular formula is C15H17FN2OS. The van der Waals surface area contributed by atoms with Crippen LogP contribution in [-0.2, 0) is 6.54 Å². The van der Waals surface area contributed by atoms with Crippen LogP contribution in [0.3, 0.4) is 0 Å². The maximum absolute atomic E-state index is 13.2. The number of rotatable bonds is 4.